The fraction of sp³-hybridized carbons (Fsp3) is 0.364. The molecule has 1 atom stereocenters. The van der Waals surface area contributed by atoms with Crippen LogP contribution in [-0.4, -0.2) is 62.2 Å². The Morgan fingerprint density at radius 1 is 1.03 bits per heavy atom. The zero-order valence-corrected chi connectivity index (χ0v) is 17.1. The second kappa shape index (κ2) is 9.07. The van der Waals surface area contributed by atoms with Crippen LogP contribution in [0.5, 0.6) is 5.75 Å². The van der Waals surface area contributed by atoms with Gasteiger partial charge >= 0.3 is 6.18 Å². The van der Waals surface area contributed by atoms with Gasteiger partial charge in [-0.05, 0) is 24.3 Å². The molecule has 1 fully saturated rings. The SMILES string of the molecule is O=C(CN1C[C@@H](C(=O)N2CCOCC2)Oc2ccccc21)Nc1ccccc1C(F)(F)F. The van der Waals surface area contributed by atoms with E-state index < -0.39 is 23.8 Å². The number of alkyl halides is 3. The van der Waals surface area contributed by atoms with Gasteiger partial charge in [0.2, 0.25) is 5.91 Å². The molecular weight excluding hydrogens is 427 g/mol. The number of anilines is 2. The molecule has 0 aliphatic carbocycles. The molecular formula is C22H22F3N3O4. The molecule has 2 heterocycles. The van der Waals surface area contributed by atoms with Crippen molar-refractivity contribution in [2.75, 3.05) is 49.6 Å². The van der Waals surface area contributed by atoms with Crippen LogP contribution in [0.25, 0.3) is 0 Å². The van der Waals surface area contributed by atoms with Crippen molar-refractivity contribution in [2.45, 2.75) is 12.3 Å². The second-order valence-corrected chi connectivity index (χ2v) is 7.48. The van der Waals surface area contributed by atoms with Crippen LogP contribution in [0, 0.1) is 0 Å². The highest BCUT2D eigenvalue weighted by atomic mass is 19.4. The summed E-state index contributed by atoms with van der Waals surface area (Å²) in [6, 6.07) is 11.7. The van der Waals surface area contributed by atoms with E-state index in [-0.39, 0.29) is 24.7 Å². The van der Waals surface area contributed by atoms with Crippen LogP contribution in [0.4, 0.5) is 24.5 Å². The Kier molecular flexibility index (Phi) is 6.22. The maximum Gasteiger partial charge on any atom is 0.418 e. The molecule has 10 heteroatoms. The summed E-state index contributed by atoms with van der Waals surface area (Å²) in [6.07, 6.45) is -5.43. The lowest BCUT2D eigenvalue weighted by atomic mass is 10.1. The normalized spacial score (nSPS) is 18.5. The summed E-state index contributed by atoms with van der Waals surface area (Å²) in [7, 11) is 0. The van der Waals surface area contributed by atoms with E-state index in [0.29, 0.717) is 37.7 Å². The van der Waals surface area contributed by atoms with Crippen molar-refractivity contribution in [1.82, 2.24) is 4.90 Å². The van der Waals surface area contributed by atoms with Crippen LogP contribution in [-0.2, 0) is 20.5 Å². The zero-order chi connectivity index (χ0) is 22.7. The predicted octanol–water partition coefficient (Wildman–Crippen LogP) is 2.77. The molecule has 0 spiro atoms. The van der Waals surface area contributed by atoms with E-state index in [0.717, 1.165) is 6.07 Å². The fourth-order valence-corrected chi connectivity index (χ4v) is 3.78. The van der Waals surface area contributed by atoms with Crippen LogP contribution in [0.2, 0.25) is 0 Å². The Morgan fingerprint density at radius 2 is 1.72 bits per heavy atom. The van der Waals surface area contributed by atoms with E-state index in [1.54, 1.807) is 34.1 Å². The van der Waals surface area contributed by atoms with Crippen molar-refractivity contribution >= 4 is 23.2 Å². The number of ether oxygens (including phenoxy) is 2. The van der Waals surface area contributed by atoms with Gasteiger partial charge in [-0.15, -0.1) is 0 Å². The lowest BCUT2D eigenvalue weighted by Crippen LogP contribution is -2.53. The number of benzene rings is 2. The molecule has 2 aromatic carbocycles. The standard InChI is InChI=1S/C22H22F3N3O4/c23-22(24,25)15-5-1-2-6-16(15)26-20(29)14-28-13-19(21(30)27-9-11-31-12-10-27)32-18-8-4-3-7-17(18)28/h1-8,19H,9-14H2,(H,26,29)/t19-/m0/s1. The number of fused-ring (bicyclic) bond motifs is 1. The number of amides is 2. The first-order valence-corrected chi connectivity index (χ1v) is 10.2. The highest BCUT2D eigenvalue weighted by Gasteiger charge is 2.36. The number of morpholine rings is 1. The smallest absolute Gasteiger partial charge is 0.418 e. The van der Waals surface area contributed by atoms with Crippen LogP contribution in [0.15, 0.2) is 48.5 Å². The Bertz CT molecular complexity index is 992. The minimum atomic E-state index is -4.59. The monoisotopic (exact) mass is 449 g/mol. The van der Waals surface area contributed by atoms with Crippen molar-refractivity contribution in [3.05, 3.63) is 54.1 Å². The van der Waals surface area contributed by atoms with Crippen LogP contribution in [0.3, 0.4) is 0 Å². The molecule has 0 bridgehead atoms. The summed E-state index contributed by atoms with van der Waals surface area (Å²) in [6.45, 7) is 1.66. The number of nitrogens with zero attached hydrogens (tertiary/aromatic N) is 2. The predicted molar refractivity (Wildman–Crippen MR) is 111 cm³/mol. The summed E-state index contributed by atoms with van der Waals surface area (Å²) in [4.78, 5) is 28.9. The summed E-state index contributed by atoms with van der Waals surface area (Å²) >= 11 is 0. The van der Waals surface area contributed by atoms with Gasteiger partial charge < -0.3 is 24.6 Å². The van der Waals surface area contributed by atoms with E-state index in [9.17, 15) is 22.8 Å². The molecule has 0 radical (unpaired) electrons. The molecule has 1 N–H and O–H groups in total. The molecule has 0 aromatic heterocycles. The highest BCUT2D eigenvalue weighted by molar-refractivity contribution is 5.95. The van der Waals surface area contributed by atoms with Crippen LogP contribution < -0.4 is 15.0 Å². The molecule has 7 nitrogen and oxygen atoms in total. The third-order valence-electron chi connectivity index (χ3n) is 5.30. The van der Waals surface area contributed by atoms with Gasteiger partial charge in [0.25, 0.3) is 5.91 Å². The molecule has 32 heavy (non-hydrogen) atoms. The number of rotatable bonds is 4. The molecule has 1 saturated heterocycles. The first kappa shape index (κ1) is 21.9. The third kappa shape index (κ3) is 4.80. The van der Waals surface area contributed by atoms with Crippen molar-refractivity contribution in [3.8, 4) is 5.75 Å². The average molecular weight is 449 g/mol. The first-order valence-electron chi connectivity index (χ1n) is 10.2. The Hall–Kier alpha value is -3.27. The fourth-order valence-electron chi connectivity index (χ4n) is 3.78. The molecule has 2 aliphatic rings. The van der Waals surface area contributed by atoms with Crippen molar-refractivity contribution in [2.24, 2.45) is 0 Å². The summed E-state index contributed by atoms with van der Waals surface area (Å²) in [5, 5.41) is 2.35. The van der Waals surface area contributed by atoms with E-state index in [2.05, 4.69) is 5.32 Å². The molecule has 170 valence electrons. The van der Waals surface area contributed by atoms with Gasteiger partial charge in [-0.25, -0.2) is 0 Å². The quantitative estimate of drug-likeness (QED) is 0.778. The molecule has 2 aliphatic heterocycles. The van der Waals surface area contributed by atoms with Gasteiger partial charge in [0.05, 0.1) is 43.2 Å². The van der Waals surface area contributed by atoms with Gasteiger partial charge in [0.15, 0.2) is 6.10 Å². The maximum absolute atomic E-state index is 13.2. The lowest BCUT2D eigenvalue weighted by molar-refractivity contribution is -0.142. The minimum absolute atomic E-state index is 0.0988. The van der Waals surface area contributed by atoms with Gasteiger partial charge in [-0.1, -0.05) is 24.3 Å². The number of carbonyl (C=O) groups excluding carboxylic acids is 2. The van der Waals surface area contributed by atoms with Gasteiger partial charge in [0.1, 0.15) is 5.75 Å². The number of carbonyl (C=O) groups is 2. The number of para-hydroxylation sites is 3. The minimum Gasteiger partial charge on any atom is -0.477 e. The molecule has 0 saturated carbocycles. The van der Waals surface area contributed by atoms with Gasteiger partial charge in [-0.3, -0.25) is 9.59 Å². The van der Waals surface area contributed by atoms with E-state index in [1.807, 2.05) is 0 Å². The lowest BCUT2D eigenvalue weighted by Gasteiger charge is -2.38. The van der Waals surface area contributed by atoms with Crippen molar-refractivity contribution in [3.63, 3.8) is 0 Å². The molecule has 4 rings (SSSR count). The van der Waals surface area contributed by atoms with Crippen LogP contribution in [0.1, 0.15) is 5.56 Å². The molecule has 2 amide bonds. The number of nitrogens with one attached hydrogen (secondary N) is 1. The Labute approximate surface area is 182 Å². The summed E-state index contributed by atoms with van der Waals surface area (Å²) < 4.78 is 50.9. The zero-order valence-electron chi connectivity index (χ0n) is 17.1. The van der Waals surface area contributed by atoms with E-state index in [4.69, 9.17) is 9.47 Å². The van der Waals surface area contributed by atoms with Crippen molar-refractivity contribution < 1.29 is 32.2 Å². The third-order valence-corrected chi connectivity index (χ3v) is 5.30. The average Bonchev–Trinajstić information content (AvgIpc) is 2.78. The highest BCUT2D eigenvalue weighted by Crippen LogP contribution is 2.35. The number of hydrogen-bond donors (Lipinski definition) is 1. The van der Waals surface area contributed by atoms with E-state index in [1.165, 1.54) is 18.2 Å². The Balaban J connectivity index is 1.51. The van der Waals surface area contributed by atoms with Gasteiger partial charge in [-0.2, -0.15) is 13.2 Å². The molecule has 2 aromatic rings. The second-order valence-electron chi connectivity index (χ2n) is 7.48. The van der Waals surface area contributed by atoms with Gasteiger partial charge in [0, 0.05) is 13.1 Å². The summed E-state index contributed by atoms with van der Waals surface area (Å²) in [5.41, 5.74) is -0.638. The van der Waals surface area contributed by atoms with E-state index >= 15 is 0 Å². The summed E-state index contributed by atoms with van der Waals surface area (Å²) in [5.74, 6) is -0.402. The maximum atomic E-state index is 13.2. The largest absolute Gasteiger partial charge is 0.477 e. The molecule has 0 unspecified atom stereocenters. The van der Waals surface area contributed by atoms with Crippen molar-refractivity contribution in [1.29, 1.82) is 0 Å². The topological polar surface area (TPSA) is 71.1 Å². The Morgan fingerprint density at radius 3 is 2.47 bits per heavy atom. The number of hydrogen-bond acceptors (Lipinski definition) is 5. The van der Waals surface area contributed by atoms with Crippen LogP contribution >= 0.6 is 0 Å². The number of halogens is 3. The first-order chi connectivity index (χ1) is 15.3.